The highest BCUT2D eigenvalue weighted by molar-refractivity contribution is 5.84. The first-order valence-corrected chi connectivity index (χ1v) is 10.3. The molecule has 1 saturated carbocycles. The number of benzene rings is 2. The van der Waals surface area contributed by atoms with Crippen LogP contribution in [0.2, 0.25) is 0 Å². The summed E-state index contributed by atoms with van der Waals surface area (Å²) < 4.78 is 1.97. The van der Waals surface area contributed by atoms with Crippen LogP contribution in [0.4, 0.5) is 5.69 Å². The Labute approximate surface area is 173 Å². The van der Waals surface area contributed by atoms with Gasteiger partial charge < -0.3 is 9.88 Å². The summed E-state index contributed by atoms with van der Waals surface area (Å²) in [7, 11) is 0. The molecule has 2 N–H and O–H groups in total. The predicted molar refractivity (Wildman–Crippen MR) is 117 cm³/mol. The molecular formula is C23H23N5O2. The van der Waals surface area contributed by atoms with Gasteiger partial charge in [0.15, 0.2) is 11.5 Å². The molecule has 2 aliphatic heterocycles. The van der Waals surface area contributed by atoms with Crippen molar-refractivity contribution in [3.63, 3.8) is 0 Å². The lowest BCUT2D eigenvalue weighted by atomic mass is 10.1. The zero-order chi connectivity index (χ0) is 20.7. The quantitative estimate of drug-likeness (QED) is 0.484. The third kappa shape index (κ3) is 3.58. The second-order valence-corrected chi connectivity index (χ2v) is 7.97. The Balaban J connectivity index is 1.62. The lowest BCUT2D eigenvalue weighted by Crippen LogP contribution is -2.29. The minimum Gasteiger partial charge on any atom is -0.382 e. The zero-order valence-corrected chi connectivity index (χ0v) is 16.8. The Hall–Kier alpha value is -3.48. The summed E-state index contributed by atoms with van der Waals surface area (Å²) in [5.74, 6) is 0.338. The normalized spacial score (nSPS) is 13.8. The number of aryl methyl sites for hydroxylation is 3. The second kappa shape index (κ2) is 7.40. The maximum absolute atomic E-state index is 12.4. The summed E-state index contributed by atoms with van der Waals surface area (Å²) in [6.45, 7) is 2.67. The van der Waals surface area contributed by atoms with Crippen LogP contribution >= 0.6 is 0 Å². The van der Waals surface area contributed by atoms with E-state index in [-0.39, 0.29) is 5.69 Å². The number of nitrogens with one attached hydrogen (secondary N) is 2. The summed E-state index contributed by atoms with van der Waals surface area (Å²) in [5.41, 5.74) is 4.06. The minimum atomic E-state index is -0.645. The molecular weight excluding hydrogens is 378 g/mol. The monoisotopic (exact) mass is 401 g/mol. The van der Waals surface area contributed by atoms with Crippen molar-refractivity contribution < 1.29 is 0 Å². The fraction of sp³-hybridized carbons (Fsp3) is 0.304. The summed E-state index contributed by atoms with van der Waals surface area (Å²) in [6, 6.07) is 14.9. The van der Waals surface area contributed by atoms with E-state index in [0.29, 0.717) is 18.4 Å². The van der Waals surface area contributed by atoms with Gasteiger partial charge in [0.25, 0.3) is 5.56 Å². The highest BCUT2D eigenvalue weighted by atomic mass is 16.2. The van der Waals surface area contributed by atoms with Crippen molar-refractivity contribution >= 4 is 16.7 Å². The Morgan fingerprint density at radius 3 is 2.70 bits per heavy atom. The van der Waals surface area contributed by atoms with Crippen LogP contribution in [0.5, 0.6) is 0 Å². The molecule has 0 aromatic heterocycles. The molecule has 0 radical (unpaired) electrons. The van der Waals surface area contributed by atoms with Gasteiger partial charge in [-0.15, -0.1) is 0 Å². The highest BCUT2D eigenvalue weighted by Gasteiger charge is 2.23. The SMILES string of the molecule is Cc1cc2nc3c(=O)[nH]c(=O)nc-3n(CCCc3ccccc3)c2cc1NC1CC1. The van der Waals surface area contributed by atoms with Gasteiger partial charge in [0.1, 0.15) is 0 Å². The van der Waals surface area contributed by atoms with Crippen molar-refractivity contribution in [2.24, 2.45) is 0 Å². The van der Waals surface area contributed by atoms with Gasteiger partial charge in [-0.05, 0) is 55.9 Å². The fourth-order valence-electron chi connectivity index (χ4n) is 3.86. The number of H-pyrrole nitrogens is 1. The van der Waals surface area contributed by atoms with E-state index in [1.807, 2.05) is 35.8 Å². The van der Waals surface area contributed by atoms with Crippen molar-refractivity contribution in [3.8, 4) is 11.5 Å². The second-order valence-electron chi connectivity index (χ2n) is 7.97. The van der Waals surface area contributed by atoms with E-state index in [9.17, 15) is 9.59 Å². The van der Waals surface area contributed by atoms with E-state index in [1.165, 1.54) is 18.4 Å². The van der Waals surface area contributed by atoms with Gasteiger partial charge in [-0.1, -0.05) is 30.3 Å². The molecule has 7 heteroatoms. The summed E-state index contributed by atoms with van der Waals surface area (Å²) in [4.78, 5) is 35.2. The maximum Gasteiger partial charge on any atom is 0.349 e. The zero-order valence-electron chi connectivity index (χ0n) is 16.8. The third-order valence-electron chi connectivity index (χ3n) is 5.58. The molecule has 2 aromatic rings. The van der Waals surface area contributed by atoms with E-state index < -0.39 is 11.2 Å². The first-order chi connectivity index (χ1) is 14.6. The average molecular weight is 401 g/mol. The number of aromatic amines is 1. The Morgan fingerprint density at radius 2 is 1.93 bits per heavy atom. The fourth-order valence-corrected chi connectivity index (χ4v) is 3.86. The van der Waals surface area contributed by atoms with Crippen LogP contribution in [-0.2, 0) is 13.0 Å². The number of hydrogen-bond acceptors (Lipinski definition) is 5. The van der Waals surface area contributed by atoms with Crippen LogP contribution in [0.3, 0.4) is 0 Å². The molecule has 0 saturated heterocycles. The molecule has 2 heterocycles. The Kier molecular flexibility index (Phi) is 4.58. The summed E-state index contributed by atoms with van der Waals surface area (Å²) in [6.07, 6.45) is 4.11. The smallest absolute Gasteiger partial charge is 0.349 e. The van der Waals surface area contributed by atoms with Crippen LogP contribution in [0, 0.1) is 6.92 Å². The van der Waals surface area contributed by atoms with Crippen molar-refractivity contribution in [1.82, 2.24) is 19.5 Å². The Bertz CT molecular complexity index is 1310. The molecule has 7 nitrogen and oxygen atoms in total. The minimum absolute atomic E-state index is 0.198. The number of fused-ring (bicyclic) bond motifs is 2. The lowest BCUT2D eigenvalue weighted by Gasteiger charge is -2.19. The van der Waals surface area contributed by atoms with Gasteiger partial charge in [0.05, 0.1) is 11.0 Å². The number of nitrogens with zero attached hydrogens (tertiary/aromatic N) is 3. The molecule has 0 spiro atoms. The van der Waals surface area contributed by atoms with Gasteiger partial charge in [-0.3, -0.25) is 9.78 Å². The van der Waals surface area contributed by atoms with Crippen LogP contribution in [0.25, 0.3) is 22.6 Å². The summed E-state index contributed by atoms with van der Waals surface area (Å²) in [5, 5.41) is 3.57. The van der Waals surface area contributed by atoms with E-state index in [4.69, 9.17) is 0 Å². The summed E-state index contributed by atoms with van der Waals surface area (Å²) >= 11 is 0. The van der Waals surface area contributed by atoms with E-state index in [2.05, 4.69) is 38.5 Å². The molecule has 3 aliphatic rings. The van der Waals surface area contributed by atoms with E-state index >= 15 is 0 Å². The van der Waals surface area contributed by atoms with Crippen molar-refractivity contribution in [2.75, 3.05) is 5.32 Å². The molecule has 0 atom stereocenters. The first kappa shape index (κ1) is 18.5. The van der Waals surface area contributed by atoms with Crippen LogP contribution in [0.1, 0.15) is 30.4 Å². The van der Waals surface area contributed by atoms with Crippen molar-refractivity contribution in [1.29, 1.82) is 0 Å². The van der Waals surface area contributed by atoms with E-state index in [1.54, 1.807) is 0 Å². The molecule has 0 bridgehead atoms. The van der Waals surface area contributed by atoms with Crippen molar-refractivity contribution in [2.45, 2.75) is 45.2 Å². The molecule has 5 rings (SSSR count). The molecule has 152 valence electrons. The Morgan fingerprint density at radius 1 is 1.13 bits per heavy atom. The van der Waals surface area contributed by atoms with Crippen LogP contribution in [0.15, 0.2) is 52.1 Å². The van der Waals surface area contributed by atoms with Crippen LogP contribution < -0.4 is 16.6 Å². The number of hydrogen-bond donors (Lipinski definition) is 2. The van der Waals surface area contributed by atoms with Gasteiger partial charge in [0, 0.05) is 18.3 Å². The number of rotatable bonds is 6. The van der Waals surface area contributed by atoms with Crippen molar-refractivity contribution in [3.05, 3.63) is 74.4 Å². The molecule has 30 heavy (non-hydrogen) atoms. The van der Waals surface area contributed by atoms with Gasteiger partial charge in [-0.25, -0.2) is 9.78 Å². The number of anilines is 1. The van der Waals surface area contributed by atoms with Gasteiger partial charge in [0.2, 0.25) is 0 Å². The third-order valence-corrected chi connectivity index (χ3v) is 5.58. The largest absolute Gasteiger partial charge is 0.382 e. The highest BCUT2D eigenvalue weighted by Crippen LogP contribution is 2.31. The maximum atomic E-state index is 12.4. The topological polar surface area (TPSA) is 92.7 Å². The standard InChI is InChI=1S/C23H23N5O2/c1-14-12-18-19(13-17(14)24-16-9-10-16)28(11-5-8-15-6-3-2-4-7-15)21-20(25-18)22(29)27-23(30)26-21/h2-4,6-7,12-13,16,24H,5,8-11H2,1H3,(H,27,29,30). The molecule has 1 aliphatic carbocycles. The number of aromatic nitrogens is 4. The first-order valence-electron chi connectivity index (χ1n) is 10.3. The van der Waals surface area contributed by atoms with E-state index in [0.717, 1.165) is 35.1 Å². The molecule has 2 aromatic carbocycles. The van der Waals surface area contributed by atoms with Gasteiger partial charge in [-0.2, -0.15) is 4.98 Å². The predicted octanol–water partition coefficient (Wildman–Crippen LogP) is 3.10. The van der Waals surface area contributed by atoms with Crippen LogP contribution in [-0.4, -0.2) is 25.6 Å². The molecule has 0 unspecified atom stereocenters. The lowest BCUT2D eigenvalue weighted by molar-refractivity contribution is 0.649. The molecule has 0 amide bonds. The van der Waals surface area contributed by atoms with Gasteiger partial charge >= 0.3 is 5.69 Å². The average Bonchev–Trinajstić information content (AvgIpc) is 3.54. The molecule has 1 fully saturated rings.